The molecule has 1 unspecified atom stereocenters. The molecule has 8 nitrogen and oxygen atoms in total. The molecule has 0 saturated carbocycles. The van der Waals surface area contributed by atoms with Crippen LogP contribution in [0.3, 0.4) is 0 Å². The van der Waals surface area contributed by atoms with E-state index in [2.05, 4.69) is 0 Å². The van der Waals surface area contributed by atoms with Gasteiger partial charge in [0.15, 0.2) is 5.75 Å². The van der Waals surface area contributed by atoms with E-state index in [1.165, 1.54) is 0 Å². The van der Waals surface area contributed by atoms with Crippen LogP contribution >= 0.6 is 0 Å². The lowest BCUT2D eigenvalue weighted by molar-refractivity contribution is -0.143. The Morgan fingerprint density at radius 2 is 1.76 bits per heavy atom. The van der Waals surface area contributed by atoms with Crippen LogP contribution in [0.2, 0.25) is 0 Å². The standard InChI is InChI=1S/C22H17F7N4O4/c1-31(14-4-2-13(23)3-5-14)20(36)37-18-16(22(27,28)29)8-12(21(24,25)26)9-17(18)33-7-6-32(19(33)35)15(10-30)11-34/h2-5,8-9,15,34H,6-7,11H2,1H3. The lowest BCUT2D eigenvalue weighted by Crippen LogP contribution is -2.41. The van der Waals surface area contributed by atoms with Crippen molar-refractivity contribution in [2.75, 3.05) is 36.5 Å². The summed E-state index contributed by atoms with van der Waals surface area (Å²) in [6, 6.07) is 3.08. The van der Waals surface area contributed by atoms with Crippen LogP contribution in [0, 0.1) is 17.1 Å². The van der Waals surface area contributed by atoms with Gasteiger partial charge < -0.3 is 14.7 Å². The first-order valence-corrected chi connectivity index (χ1v) is 10.3. The third-order valence-corrected chi connectivity index (χ3v) is 5.41. The molecule has 1 heterocycles. The quantitative estimate of drug-likeness (QED) is 0.565. The second kappa shape index (κ2) is 10.1. The smallest absolute Gasteiger partial charge is 0.407 e. The number of carbonyl (C=O) groups excluding carboxylic acids is 2. The van der Waals surface area contributed by atoms with E-state index in [0.717, 1.165) is 36.2 Å². The zero-order chi connectivity index (χ0) is 27.7. The molecule has 0 aromatic heterocycles. The third-order valence-electron chi connectivity index (χ3n) is 5.41. The summed E-state index contributed by atoms with van der Waals surface area (Å²) in [6.45, 7) is -1.64. The lowest BCUT2D eigenvalue weighted by atomic mass is 10.1. The molecule has 2 aromatic carbocycles. The fraction of sp³-hybridized carbons (Fsp3) is 0.318. The zero-order valence-corrected chi connectivity index (χ0v) is 18.8. The van der Waals surface area contributed by atoms with E-state index in [0.29, 0.717) is 9.80 Å². The summed E-state index contributed by atoms with van der Waals surface area (Å²) >= 11 is 0. The number of carbonyl (C=O) groups is 2. The predicted molar refractivity (Wildman–Crippen MR) is 113 cm³/mol. The molecule has 198 valence electrons. The monoisotopic (exact) mass is 534 g/mol. The topological polar surface area (TPSA) is 97.1 Å². The highest BCUT2D eigenvalue weighted by Crippen LogP contribution is 2.47. The van der Waals surface area contributed by atoms with Gasteiger partial charge in [0.2, 0.25) is 0 Å². The lowest BCUT2D eigenvalue weighted by Gasteiger charge is -2.26. The number of aliphatic hydroxyl groups is 1. The minimum atomic E-state index is -5.46. The third kappa shape index (κ3) is 5.69. The molecule has 0 aliphatic carbocycles. The van der Waals surface area contributed by atoms with Crippen LogP contribution in [0.15, 0.2) is 36.4 Å². The van der Waals surface area contributed by atoms with Crippen LogP contribution in [0.5, 0.6) is 5.75 Å². The van der Waals surface area contributed by atoms with Gasteiger partial charge in [-0.05, 0) is 36.4 Å². The van der Waals surface area contributed by atoms with E-state index in [4.69, 9.17) is 10.00 Å². The highest BCUT2D eigenvalue weighted by Gasteiger charge is 2.44. The van der Waals surface area contributed by atoms with Crippen molar-refractivity contribution < 1.29 is 50.2 Å². The maximum Gasteiger partial charge on any atom is 0.420 e. The predicted octanol–water partition coefficient (Wildman–Crippen LogP) is 4.62. The Balaban J connectivity index is 2.15. The van der Waals surface area contributed by atoms with E-state index in [-0.39, 0.29) is 24.4 Å². The van der Waals surface area contributed by atoms with Crippen molar-refractivity contribution in [2.45, 2.75) is 18.4 Å². The van der Waals surface area contributed by atoms with Gasteiger partial charge in [0, 0.05) is 25.8 Å². The molecule has 1 aliphatic heterocycles. The first-order valence-electron chi connectivity index (χ1n) is 10.3. The van der Waals surface area contributed by atoms with Gasteiger partial charge >= 0.3 is 24.5 Å². The van der Waals surface area contributed by atoms with Crippen molar-refractivity contribution >= 4 is 23.5 Å². The summed E-state index contributed by atoms with van der Waals surface area (Å²) in [5.41, 5.74) is -4.79. The van der Waals surface area contributed by atoms with Crippen LogP contribution < -0.4 is 14.5 Å². The molecule has 0 bridgehead atoms. The van der Waals surface area contributed by atoms with Crippen LogP contribution in [0.1, 0.15) is 11.1 Å². The normalized spacial score (nSPS) is 15.0. The summed E-state index contributed by atoms with van der Waals surface area (Å²) < 4.78 is 100. The van der Waals surface area contributed by atoms with E-state index in [9.17, 15) is 45.4 Å². The van der Waals surface area contributed by atoms with Crippen molar-refractivity contribution in [3.63, 3.8) is 0 Å². The Morgan fingerprint density at radius 1 is 1.14 bits per heavy atom. The SMILES string of the molecule is CN(C(=O)Oc1c(N2CCN(C(C#N)CO)C2=O)cc(C(F)(F)F)cc1C(F)(F)F)c1ccc(F)cc1. The van der Waals surface area contributed by atoms with Crippen molar-refractivity contribution in [2.24, 2.45) is 0 Å². The number of halogens is 7. The second-order valence-corrected chi connectivity index (χ2v) is 7.73. The molecule has 1 aliphatic rings. The maximum atomic E-state index is 13.9. The number of urea groups is 1. The number of hydrogen-bond donors (Lipinski definition) is 1. The number of anilines is 2. The van der Waals surface area contributed by atoms with E-state index < -0.39 is 72.1 Å². The molecule has 1 atom stereocenters. The summed E-state index contributed by atoms with van der Waals surface area (Å²) in [7, 11) is 1.06. The first-order chi connectivity index (χ1) is 17.2. The second-order valence-electron chi connectivity index (χ2n) is 7.73. The molecule has 15 heteroatoms. The van der Waals surface area contributed by atoms with E-state index >= 15 is 0 Å². The number of hydrogen-bond acceptors (Lipinski definition) is 5. The number of ether oxygens (including phenoxy) is 1. The average molecular weight is 534 g/mol. The maximum absolute atomic E-state index is 13.9. The highest BCUT2D eigenvalue weighted by molar-refractivity contribution is 5.98. The summed E-state index contributed by atoms with van der Waals surface area (Å²) in [4.78, 5) is 27.5. The first kappa shape index (κ1) is 27.5. The van der Waals surface area contributed by atoms with Gasteiger partial charge in [0.1, 0.15) is 17.4 Å². The molecule has 3 amide bonds. The van der Waals surface area contributed by atoms with Gasteiger partial charge in [-0.25, -0.2) is 14.0 Å². The van der Waals surface area contributed by atoms with Gasteiger partial charge in [0.25, 0.3) is 0 Å². The van der Waals surface area contributed by atoms with Crippen molar-refractivity contribution in [3.05, 3.63) is 53.3 Å². The zero-order valence-electron chi connectivity index (χ0n) is 18.8. The van der Waals surface area contributed by atoms with E-state index in [1.807, 2.05) is 0 Å². The molecule has 2 aromatic rings. The van der Waals surface area contributed by atoms with Crippen molar-refractivity contribution in [1.29, 1.82) is 5.26 Å². The Labute approximate surface area is 204 Å². The number of nitrogens with zero attached hydrogens (tertiary/aromatic N) is 4. The molecule has 37 heavy (non-hydrogen) atoms. The Hall–Kier alpha value is -4.06. The van der Waals surface area contributed by atoms with Gasteiger partial charge in [-0.2, -0.15) is 31.6 Å². The molecule has 1 N–H and O–H groups in total. The molecule has 1 fully saturated rings. The molecule has 3 rings (SSSR count). The molecule has 0 spiro atoms. The number of alkyl halides is 6. The Morgan fingerprint density at radius 3 is 2.27 bits per heavy atom. The van der Waals surface area contributed by atoms with Crippen molar-refractivity contribution in [1.82, 2.24) is 4.90 Å². The molecule has 0 radical (unpaired) electrons. The minimum Gasteiger partial charge on any atom is -0.407 e. The minimum absolute atomic E-state index is 0.0170. The highest BCUT2D eigenvalue weighted by atomic mass is 19.4. The summed E-state index contributed by atoms with van der Waals surface area (Å²) in [5.74, 6) is -2.06. The number of amides is 3. The summed E-state index contributed by atoms with van der Waals surface area (Å²) in [5, 5.41) is 18.4. The van der Waals surface area contributed by atoms with Crippen LogP contribution in [0.25, 0.3) is 0 Å². The molecular weight excluding hydrogens is 517 g/mol. The number of aliphatic hydroxyl groups excluding tert-OH is 1. The molecular formula is C22H17F7N4O4. The van der Waals surface area contributed by atoms with Crippen LogP contribution in [0.4, 0.5) is 51.7 Å². The van der Waals surface area contributed by atoms with Crippen LogP contribution in [-0.4, -0.2) is 54.9 Å². The number of benzene rings is 2. The van der Waals surface area contributed by atoms with Gasteiger partial charge in [0.05, 0.1) is 23.9 Å². The largest absolute Gasteiger partial charge is 0.420 e. The molecule has 1 saturated heterocycles. The van der Waals surface area contributed by atoms with Crippen molar-refractivity contribution in [3.8, 4) is 11.8 Å². The number of rotatable bonds is 5. The van der Waals surface area contributed by atoms with Gasteiger partial charge in [-0.3, -0.25) is 9.80 Å². The Bertz CT molecular complexity index is 1230. The Kier molecular flexibility index (Phi) is 7.54. The van der Waals surface area contributed by atoms with Gasteiger partial charge in [-0.1, -0.05) is 0 Å². The average Bonchev–Trinajstić information content (AvgIpc) is 3.19. The van der Waals surface area contributed by atoms with Gasteiger partial charge in [-0.15, -0.1) is 0 Å². The van der Waals surface area contributed by atoms with Crippen LogP contribution in [-0.2, 0) is 12.4 Å². The fourth-order valence-electron chi connectivity index (χ4n) is 3.50. The fourth-order valence-corrected chi connectivity index (χ4v) is 3.50. The summed E-state index contributed by atoms with van der Waals surface area (Å²) in [6.07, 6.45) is -12.2. The van der Waals surface area contributed by atoms with E-state index in [1.54, 1.807) is 6.07 Å². The number of nitriles is 1.